The van der Waals surface area contributed by atoms with Crippen molar-refractivity contribution in [3.8, 4) is 22.1 Å². The van der Waals surface area contributed by atoms with Crippen LogP contribution in [-0.4, -0.2) is 24.8 Å². The number of aryl methyl sites for hydroxylation is 1. The highest BCUT2D eigenvalue weighted by Crippen LogP contribution is 2.32. The van der Waals surface area contributed by atoms with Gasteiger partial charge in [0.05, 0.1) is 12.2 Å². The molecule has 2 N–H and O–H groups in total. The number of ether oxygens (including phenoxy) is 2. The molecule has 0 atom stereocenters. The predicted octanol–water partition coefficient (Wildman–Crippen LogP) is 3.71. The van der Waals surface area contributed by atoms with E-state index in [0.29, 0.717) is 13.1 Å². The minimum atomic E-state index is 0.286. The zero-order chi connectivity index (χ0) is 19.3. The first-order chi connectivity index (χ1) is 13.7. The number of hydrogen-bond acceptors (Lipinski definition) is 5. The third kappa shape index (κ3) is 4.09. The van der Waals surface area contributed by atoms with Crippen LogP contribution in [0.1, 0.15) is 16.1 Å². The summed E-state index contributed by atoms with van der Waals surface area (Å²) in [5.41, 5.74) is 3.29. The summed E-state index contributed by atoms with van der Waals surface area (Å²) < 4.78 is 10.8. The molecule has 0 amide bonds. The van der Waals surface area contributed by atoms with Crippen LogP contribution in [0.15, 0.2) is 53.5 Å². The quantitative estimate of drug-likeness (QED) is 0.510. The van der Waals surface area contributed by atoms with Crippen molar-refractivity contribution in [2.45, 2.75) is 20.0 Å². The molecule has 7 heteroatoms. The van der Waals surface area contributed by atoms with Crippen molar-refractivity contribution in [2.75, 3.05) is 13.8 Å². The summed E-state index contributed by atoms with van der Waals surface area (Å²) in [5, 5.41) is 7.74. The van der Waals surface area contributed by atoms with Gasteiger partial charge in [0.1, 0.15) is 5.01 Å². The summed E-state index contributed by atoms with van der Waals surface area (Å²) in [4.78, 5) is 10.2. The summed E-state index contributed by atoms with van der Waals surface area (Å²) in [7, 11) is 1.77. The SMILES string of the molecule is CN=C(NCc1ccc2c(c1)OCO2)NCc1sc(-c2ccccc2)nc1C. The van der Waals surface area contributed by atoms with Crippen LogP contribution in [0.5, 0.6) is 11.5 Å². The number of hydrogen-bond donors (Lipinski definition) is 2. The summed E-state index contributed by atoms with van der Waals surface area (Å²) in [5.74, 6) is 2.32. The standard InChI is InChI=1S/C21H22N4O2S/c1-14-19(28-20(25-14)16-6-4-3-5-7-16)12-24-21(22-2)23-11-15-8-9-17-18(10-15)27-13-26-17/h3-10H,11-13H2,1-2H3,(H2,22,23,24). The average Bonchev–Trinajstić information content (AvgIpc) is 3.35. The van der Waals surface area contributed by atoms with E-state index in [0.717, 1.165) is 39.3 Å². The number of aromatic nitrogens is 1. The molecular weight excluding hydrogens is 372 g/mol. The molecule has 0 saturated carbocycles. The minimum Gasteiger partial charge on any atom is -0.454 e. The van der Waals surface area contributed by atoms with E-state index in [2.05, 4.69) is 27.8 Å². The van der Waals surface area contributed by atoms with Gasteiger partial charge in [-0.3, -0.25) is 4.99 Å². The molecule has 1 aliphatic rings. The van der Waals surface area contributed by atoms with E-state index in [-0.39, 0.29) is 6.79 Å². The van der Waals surface area contributed by atoms with Gasteiger partial charge in [-0.15, -0.1) is 11.3 Å². The van der Waals surface area contributed by atoms with Gasteiger partial charge in [0.25, 0.3) is 0 Å². The van der Waals surface area contributed by atoms with Crippen molar-refractivity contribution >= 4 is 17.3 Å². The van der Waals surface area contributed by atoms with E-state index >= 15 is 0 Å². The third-order valence-electron chi connectivity index (χ3n) is 4.45. The number of guanidine groups is 1. The monoisotopic (exact) mass is 394 g/mol. The molecule has 144 valence electrons. The Kier molecular flexibility index (Phi) is 5.43. The lowest BCUT2D eigenvalue weighted by molar-refractivity contribution is 0.174. The number of benzene rings is 2. The molecule has 28 heavy (non-hydrogen) atoms. The number of fused-ring (bicyclic) bond motifs is 1. The average molecular weight is 395 g/mol. The van der Waals surface area contributed by atoms with Crippen LogP contribution in [0, 0.1) is 6.92 Å². The van der Waals surface area contributed by atoms with Crippen LogP contribution >= 0.6 is 11.3 Å². The zero-order valence-electron chi connectivity index (χ0n) is 15.9. The first-order valence-corrected chi connectivity index (χ1v) is 9.89. The molecular formula is C21H22N4O2S. The maximum atomic E-state index is 5.43. The lowest BCUT2D eigenvalue weighted by Gasteiger charge is -2.11. The molecule has 3 aromatic rings. The largest absolute Gasteiger partial charge is 0.454 e. The normalized spacial score (nSPS) is 12.9. The van der Waals surface area contributed by atoms with E-state index in [1.807, 2.05) is 43.3 Å². The summed E-state index contributed by atoms with van der Waals surface area (Å²) in [6, 6.07) is 16.2. The summed E-state index contributed by atoms with van der Waals surface area (Å²) in [6.45, 7) is 3.65. The van der Waals surface area contributed by atoms with Gasteiger partial charge in [-0.1, -0.05) is 36.4 Å². The number of aliphatic imine (C=N–C) groups is 1. The molecule has 0 fully saturated rings. The molecule has 0 saturated heterocycles. The van der Waals surface area contributed by atoms with Crippen LogP contribution in [0.4, 0.5) is 0 Å². The maximum absolute atomic E-state index is 5.43. The highest BCUT2D eigenvalue weighted by Gasteiger charge is 2.13. The van der Waals surface area contributed by atoms with Crippen LogP contribution in [0.25, 0.3) is 10.6 Å². The molecule has 2 heterocycles. The topological polar surface area (TPSA) is 67.8 Å². The number of rotatable bonds is 5. The molecule has 0 spiro atoms. The first kappa shape index (κ1) is 18.3. The van der Waals surface area contributed by atoms with Crippen LogP contribution in [0.3, 0.4) is 0 Å². The van der Waals surface area contributed by atoms with Crippen LogP contribution in [-0.2, 0) is 13.1 Å². The highest BCUT2D eigenvalue weighted by atomic mass is 32.1. The second kappa shape index (κ2) is 8.31. The predicted molar refractivity (Wildman–Crippen MR) is 112 cm³/mol. The van der Waals surface area contributed by atoms with E-state index in [1.54, 1.807) is 18.4 Å². The Morgan fingerprint density at radius 3 is 2.68 bits per heavy atom. The van der Waals surface area contributed by atoms with Gasteiger partial charge in [-0.25, -0.2) is 4.98 Å². The fraction of sp³-hybridized carbons (Fsp3) is 0.238. The van der Waals surface area contributed by atoms with Crippen LogP contribution < -0.4 is 20.1 Å². The highest BCUT2D eigenvalue weighted by molar-refractivity contribution is 7.15. The Bertz CT molecular complexity index is 985. The van der Waals surface area contributed by atoms with E-state index in [9.17, 15) is 0 Å². The molecule has 1 aliphatic heterocycles. The zero-order valence-corrected chi connectivity index (χ0v) is 16.7. The lowest BCUT2D eigenvalue weighted by atomic mass is 10.2. The number of nitrogens with zero attached hydrogens (tertiary/aromatic N) is 2. The smallest absolute Gasteiger partial charge is 0.231 e. The van der Waals surface area contributed by atoms with Crippen molar-refractivity contribution in [3.05, 3.63) is 64.7 Å². The summed E-state index contributed by atoms with van der Waals surface area (Å²) in [6.07, 6.45) is 0. The van der Waals surface area contributed by atoms with E-state index in [4.69, 9.17) is 14.5 Å². The van der Waals surface area contributed by atoms with Gasteiger partial charge in [-0.05, 0) is 24.6 Å². The van der Waals surface area contributed by atoms with Gasteiger partial charge in [-0.2, -0.15) is 0 Å². The van der Waals surface area contributed by atoms with Crippen LogP contribution in [0.2, 0.25) is 0 Å². The maximum Gasteiger partial charge on any atom is 0.231 e. The first-order valence-electron chi connectivity index (χ1n) is 9.07. The van der Waals surface area contributed by atoms with E-state index in [1.165, 1.54) is 4.88 Å². The molecule has 1 aromatic heterocycles. The van der Waals surface area contributed by atoms with Crippen molar-refractivity contribution in [3.63, 3.8) is 0 Å². The Balaban J connectivity index is 1.35. The van der Waals surface area contributed by atoms with Crippen molar-refractivity contribution in [1.29, 1.82) is 0 Å². The number of nitrogens with one attached hydrogen (secondary N) is 2. The van der Waals surface area contributed by atoms with Gasteiger partial charge < -0.3 is 20.1 Å². The molecule has 4 rings (SSSR count). The van der Waals surface area contributed by atoms with Gasteiger partial charge in [0.2, 0.25) is 6.79 Å². The Morgan fingerprint density at radius 1 is 1.07 bits per heavy atom. The molecule has 0 radical (unpaired) electrons. The number of thiazole rings is 1. The molecule has 0 unspecified atom stereocenters. The van der Waals surface area contributed by atoms with Gasteiger partial charge >= 0.3 is 0 Å². The Morgan fingerprint density at radius 2 is 1.86 bits per heavy atom. The summed E-state index contributed by atoms with van der Waals surface area (Å²) >= 11 is 1.71. The third-order valence-corrected chi connectivity index (χ3v) is 5.66. The fourth-order valence-electron chi connectivity index (χ4n) is 2.92. The second-order valence-corrected chi connectivity index (χ2v) is 7.44. The molecule has 6 nitrogen and oxygen atoms in total. The Hall–Kier alpha value is -3.06. The van der Waals surface area contributed by atoms with Gasteiger partial charge in [0.15, 0.2) is 17.5 Å². The molecule has 0 bridgehead atoms. The van der Waals surface area contributed by atoms with E-state index < -0.39 is 0 Å². The Labute approximate surface area is 168 Å². The molecule has 0 aliphatic carbocycles. The van der Waals surface area contributed by atoms with Crippen molar-refractivity contribution < 1.29 is 9.47 Å². The second-order valence-electron chi connectivity index (χ2n) is 6.36. The lowest BCUT2D eigenvalue weighted by Crippen LogP contribution is -2.36. The fourth-order valence-corrected chi connectivity index (χ4v) is 3.93. The van der Waals surface area contributed by atoms with Crippen molar-refractivity contribution in [2.24, 2.45) is 4.99 Å². The minimum absolute atomic E-state index is 0.286. The van der Waals surface area contributed by atoms with Gasteiger partial charge in [0, 0.05) is 24.0 Å². The van der Waals surface area contributed by atoms with Crippen molar-refractivity contribution in [1.82, 2.24) is 15.6 Å². The molecule has 2 aromatic carbocycles.